The number of nitrogens with one attached hydrogen (secondary N) is 2. The van der Waals surface area contributed by atoms with Crippen LogP contribution in [0.1, 0.15) is 36.8 Å². The normalized spacial score (nSPS) is 21.9. The average molecular weight is 511 g/mol. The van der Waals surface area contributed by atoms with Gasteiger partial charge in [-0.25, -0.2) is 4.39 Å². The van der Waals surface area contributed by atoms with E-state index in [1.165, 1.54) is 12.1 Å². The number of aliphatic hydroxyl groups excluding tert-OH is 1. The van der Waals surface area contributed by atoms with Gasteiger partial charge in [0.15, 0.2) is 0 Å². The number of hydrogen-bond donors (Lipinski definition) is 3. The van der Waals surface area contributed by atoms with Crippen LogP contribution < -0.4 is 10.6 Å². The third kappa shape index (κ3) is 9.80. The fourth-order valence-corrected chi connectivity index (χ4v) is 4.33. The van der Waals surface area contributed by atoms with Gasteiger partial charge in [-0.3, -0.25) is 14.4 Å². The van der Waals surface area contributed by atoms with Crippen LogP contribution in [0.15, 0.2) is 66.7 Å². The number of cyclic esters (lactones) is 1. The second-order valence-electron chi connectivity index (χ2n) is 9.31. The Morgan fingerprint density at radius 3 is 2.46 bits per heavy atom. The molecule has 8 heteroatoms. The van der Waals surface area contributed by atoms with Crippen molar-refractivity contribution in [2.75, 3.05) is 19.8 Å². The molecule has 0 fully saturated rings. The van der Waals surface area contributed by atoms with Crippen molar-refractivity contribution in [3.63, 3.8) is 0 Å². The lowest BCUT2D eigenvalue weighted by Crippen LogP contribution is -2.44. The van der Waals surface area contributed by atoms with E-state index in [2.05, 4.69) is 10.6 Å². The molecule has 3 atom stereocenters. The standard InChI is InChI=1S/C29H35FN2O5/c30-25-13-11-22(12-14-25)17-24-10-6-2-5-9-23(19-27(34)31-15-16-33)28(35)32-26(20-37-29(24)36)18-21-7-3-1-4-8-21/h1-5,7-8,11-14,23-24,26,33H,6,9-10,15-20H2,(H,31,34)(H,32,35)/b5-2+/t23-,24+,26+/m0/s1. The summed E-state index contributed by atoms with van der Waals surface area (Å²) in [5, 5.41) is 14.6. The maximum atomic E-state index is 13.3. The van der Waals surface area contributed by atoms with Crippen LogP contribution in [-0.4, -0.2) is 48.7 Å². The van der Waals surface area contributed by atoms with Crippen LogP contribution in [0.25, 0.3) is 0 Å². The van der Waals surface area contributed by atoms with Crippen molar-refractivity contribution < 1.29 is 28.6 Å². The van der Waals surface area contributed by atoms with Gasteiger partial charge in [-0.2, -0.15) is 0 Å². The first kappa shape index (κ1) is 28.1. The van der Waals surface area contributed by atoms with Crippen molar-refractivity contribution in [2.24, 2.45) is 11.8 Å². The smallest absolute Gasteiger partial charge is 0.309 e. The molecule has 0 bridgehead atoms. The summed E-state index contributed by atoms with van der Waals surface area (Å²) in [7, 11) is 0. The molecule has 0 saturated heterocycles. The highest BCUT2D eigenvalue weighted by molar-refractivity contribution is 5.86. The predicted molar refractivity (Wildman–Crippen MR) is 138 cm³/mol. The molecule has 1 heterocycles. The van der Waals surface area contributed by atoms with Crippen molar-refractivity contribution >= 4 is 17.8 Å². The molecule has 0 aromatic heterocycles. The molecule has 0 saturated carbocycles. The molecular weight excluding hydrogens is 475 g/mol. The zero-order chi connectivity index (χ0) is 26.5. The van der Waals surface area contributed by atoms with Crippen LogP contribution in [0.4, 0.5) is 4.39 Å². The molecule has 37 heavy (non-hydrogen) atoms. The predicted octanol–water partition coefficient (Wildman–Crippen LogP) is 3.11. The molecule has 1 aliphatic heterocycles. The zero-order valence-corrected chi connectivity index (χ0v) is 20.9. The molecule has 1 aliphatic rings. The SMILES string of the molecule is O=C(C[C@@H]1C/C=C/CC[C@H](Cc2ccc(F)cc2)C(=O)OC[C@@H](Cc2ccccc2)NC1=O)NCCO. The maximum Gasteiger partial charge on any atom is 0.309 e. The summed E-state index contributed by atoms with van der Waals surface area (Å²) >= 11 is 0. The van der Waals surface area contributed by atoms with Crippen LogP contribution >= 0.6 is 0 Å². The lowest BCUT2D eigenvalue weighted by Gasteiger charge is -2.23. The number of allylic oxidation sites excluding steroid dienone is 2. The molecule has 2 amide bonds. The first-order chi connectivity index (χ1) is 17.9. The van der Waals surface area contributed by atoms with Crippen molar-refractivity contribution in [3.8, 4) is 0 Å². The van der Waals surface area contributed by atoms with Gasteiger partial charge in [0.25, 0.3) is 0 Å². The van der Waals surface area contributed by atoms with E-state index >= 15 is 0 Å². The Morgan fingerprint density at radius 2 is 1.73 bits per heavy atom. The van der Waals surface area contributed by atoms with Gasteiger partial charge in [-0.05, 0) is 55.4 Å². The summed E-state index contributed by atoms with van der Waals surface area (Å²) in [4.78, 5) is 38.5. The maximum absolute atomic E-state index is 13.3. The third-order valence-corrected chi connectivity index (χ3v) is 6.33. The van der Waals surface area contributed by atoms with E-state index in [0.717, 1.165) is 11.1 Å². The Labute approximate surface area is 217 Å². The minimum Gasteiger partial charge on any atom is -0.463 e. The number of esters is 1. The molecule has 3 N–H and O–H groups in total. The second-order valence-corrected chi connectivity index (χ2v) is 9.31. The van der Waals surface area contributed by atoms with Gasteiger partial charge in [0.2, 0.25) is 11.8 Å². The van der Waals surface area contributed by atoms with E-state index in [4.69, 9.17) is 9.84 Å². The molecular formula is C29H35FN2O5. The number of ether oxygens (including phenoxy) is 1. The molecule has 0 radical (unpaired) electrons. The number of benzene rings is 2. The highest BCUT2D eigenvalue weighted by Gasteiger charge is 2.26. The van der Waals surface area contributed by atoms with Gasteiger partial charge in [-0.15, -0.1) is 0 Å². The van der Waals surface area contributed by atoms with E-state index < -0.39 is 17.9 Å². The van der Waals surface area contributed by atoms with Crippen LogP contribution in [-0.2, 0) is 32.0 Å². The molecule has 198 valence electrons. The highest BCUT2D eigenvalue weighted by Crippen LogP contribution is 2.19. The number of halogens is 1. The van der Waals surface area contributed by atoms with Crippen LogP contribution in [0.2, 0.25) is 0 Å². The van der Waals surface area contributed by atoms with E-state index in [-0.39, 0.29) is 49.8 Å². The minimum atomic E-state index is -0.598. The molecule has 2 aromatic rings. The molecule has 7 nitrogen and oxygen atoms in total. The number of carbonyl (C=O) groups excluding carboxylic acids is 3. The lowest BCUT2D eigenvalue weighted by atomic mass is 9.94. The van der Waals surface area contributed by atoms with E-state index in [9.17, 15) is 18.8 Å². The third-order valence-electron chi connectivity index (χ3n) is 6.33. The Hall–Kier alpha value is -3.52. The summed E-state index contributed by atoms with van der Waals surface area (Å²) in [5.74, 6) is -2.30. The van der Waals surface area contributed by atoms with Crippen molar-refractivity contribution in [1.82, 2.24) is 10.6 Å². The summed E-state index contributed by atoms with van der Waals surface area (Å²) < 4.78 is 19.0. The van der Waals surface area contributed by atoms with Crippen molar-refractivity contribution in [3.05, 3.63) is 83.7 Å². The Kier molecular flexibility index (Phi) is 11.3. The average Bonchev–Trinajstić information content (AvgIpc) is 2.90. The Morgan fingerprint density at radius 1 is 1.00 bits per heavy atom. The summed E-state index contributed by atoms with van der Waals surface area (Å²) in [6.45, 7) is -0.0482. The molecule has 0 spiro atoms. The number of hydrogen-bond acceptors (Lipinski definition) is 5. The lowest BCUT2D eigenvalue weighted by molar-refractivity contribution is -0.150. The topological polar surface area (TPSA) is 105 Å². The zero-order valence-electron chi connectivity index (χ0n) is 20.9. The van der Waals surface area contributed by atoms with Gasteiger partial charge in [0.1, 0.15) is 12.4 Å². The van der Waals surface area contributed by atoms with E-state index in [1.807, 2.05) is 42.5 Å². The Balaban J connectivity index is 1.77. The van der Waals surface area contributed by atoms with Crippen LogP contribution in [0.5, 0.6) is 0 Å². The molecule has 0 unspecified atom stereocenters. The van der Waals surface area contributed by atoms with E-state index in [1.54, 1.807) is 12.1 Å². The van der Waals surface area contributed by atoms with Crippen LogP contribution in [0, 0.1) is 17.7 Å². The van der Waals surface area contributed by atoms with Crippen molar-refractivity contribution in [1.29, 1.82) is 0 Å². The largest absolute Gasteiger partial charge is 0.463 e. The highest BCUT2D eigenvalue weighted by atomic mass is 19.1. The van der Waals surface area contributed by atoms with Gasteiger partial charge in [-0.1, -0.05) is 54.6 Å². The number of amides is 2. The first-order valence-electron chi connectivity index (χ1n) is 12.7. The van der Waals surface area contributed by atoms with E-state index in [0.29, 0.717) is 32.1 Å². The Bertz CT molecular complexity index is 1040. The minimum absolute atomic E-state index is 0.00373. The molecule has 2 aromatic carbocycles. The number of rotatable bonds is 8. The first-order valence-corrected chi connectivity index (χ1v) is 12.7. The molecule has 3 rings (SSSR count). The second kappa shape index (κ2) is 14.9. The summed E-state index contributed by atoms with van der Waals surface area (Å²) in [6, 6.07) is 15.2. The fraction of sp³-hybridized carbons (Fsp3) is 0.414. The number of aliphatic hydroxyl groups is 1. The quantitative estimate of drug-likeness (QED) is 0.374. The number of carbonyl (C=O) groups is 3. The van der Waals surface area contributed by atoms with Gasteiger partial charge in [0, 0.05) is 13.0 Å². The van der Waals surface area contributed by atoms with Gasteiger partial charge in [0.05, 0.1) is 24.5 Å². The monoisotopic (exact) mass is 510 g/mol. The summed E-state index contributed by atoms with van der Waals surface area (Å²) in [6.07, 6.45) is 6.16. The molecule has 0 aliphatic carbocycles. The van der Waals surface area contributed by atoms with Crippen LogP contribution in [0.3, 0.4) is 0 Å². The van der Waals surface area contributed by atoms with Gasteiger partial charge < -0.3 is 20.5 Å². The summed E-state index contributed by atoms with van der Waals surface area (Å²) in [5.41, 5.74) is 1.83. The fourth-order valence-electron chi connectivity index (χ4n) is 4.33. The van der Waals surface area contributed by atoms with Crippen molar-refractivity contribution in [2.45, 2.75) is 44.6 Å². The van der Waals surface area contributed by atoms with Gasteiger partial charge >= 0.3 is 5.97 Å².